The van der Waals surface area contributed by atoms with Gasteiger partial charge in [-0.15, -0.1) is 0 Å². The van der Waals surface area contributed by atoms with Gasteiger partial charge in [0.05, 0.1) is 7.11 Å². The van der Waals surface area contributed by atoms with E-state index in [1.54, 1.807) is 7.11 Å². The van der Waals surface area contributed by atoms with Crippen LogP contribution in [0.3, 0.4) is 0 Å². The van der Waals surface area contributed by atoms with Crippen molar-refractivity contribution in [3.05, 3.63) is 53.6 Å². The molecule has 0 fully saturated rings. The summed E-state index contributed by atoms with van der Waals surface area (Å²) in [5, 5.41) is 2.90. The molecular weight excluding hydrogens is 300 g/mol. The fourth-order valence-electron chi connectivity index (χ4n) is 3.04. The Balaban J connectivity index is 2.03. The normalized spacial score (nSPS) is 14.5. The van der Waals surface area contributed by atoms with Crippen molar-refractivity contribution >= 4 is 28.9 Å². The highest BCUT2D eigenvalue weighted by Crippen LogP contribution is 2.35. The number of carbonyl (C=O) groups excluding carboxylic acids is 1. The average molecular weight is 322 g/mol. The first kappa shape index (κ1) is 16.1. The molecular formula is C20H22N2O2. The van der Waals surface area contributed by atoms with Crippen LogP contribution in [0.2, 0.25) is 0 Å². The van der Waals surface area contributed by atoms with Crippen LogP contribution >= 0.6 is 0 Å². The number of rotatable bonds is 5. The van der Waals surface area contributed by atoms with Crippen LogP contribution in [-0.4, -0.2) is 26.1 Å². The third kappa shape index (κ3) is 2.87. The third-order valence-electron chi connectivity index (χ3n) is 4.36. The Kier molecular flexibility index (Phi) is 4.56. The van der Waals surface area contributed by atoms with E-state index in [1.165, 1.54) is 0 Å². The van der Waals surface area contributed by atoms with Gasteiger partial charge in [0.15, 0.2) is 0 Å². The molecule has 24 heavy (non-hydrogen) atoms. The van der Waals surface area contributed by atoms with Gasteiger partial charge in [0.1, 0.15) is 5.75 Å². The van der Waals surface area contributed by atoms with Gasteiger partial charge in [-0.25, -0.2) is 0 Å². The third-order valence-corrected chi connectivity index (χ3v) is 4.36. The minimum atomic E-state index is -0.0777. The van der Waals surface area contributed by atoms with Gasteiger partial charge in [-0.1, -0.05) is 18.2 Å². The van der Waals surface area contributed by atoms with Crippen LogP contribution < -0.4 is 15.0 Å². The number of carbonyl (C=O) groups is 1. The van der Waals surface area contributed by atoms with Crippen molar-refractivity contribution in [3.8, 4) is 5.75 Å². The smallest absolute Gasteiger partial charge is 0.256 e. The standard InChI is InChI=1S/C20H22N2O2/c1-4-22(5-2)15-11-10-14(19(13-15)24-3)12-17-16-8-6-7-9-18(16)21-20(17)23/h6-13H,4-5H2,1-3H3,(H,21,23)/b17-12-. The van der Waals surface area contributed by atoms with Crippen molar-refractivity contribution in [3.63, 3.8) is 0 Å². The summed E-state index contributed by atoms with van der Waals surface area (Å²) in [4.78, 5) is 14.5. The summed E-state index contributed by atoms with van der Waals surface area (Å²) < 4.78 is 5.56. The SMILES string of the molecule is CCN(CC)c1ccc(/C=C2\C(=O)Nc3ccccc32)c(OC)c1. The first-order chi connectivity index (χ1) is 11.7. The van der Waals surface area contributed by atoms with Gasteiger partial charge in [0, 0.05) is 47.2 Å². The zero-order valence-electron chi connectivity index (χ0n) is 14.3. The lowest BCUT2D eigenvalue weighted by molar-refractivity contribution is -0.110. The van der Waals surface area contributed by atoms with E-state index in [1.807, 2.05) is 42.5 Å². The maximum Gasteiger partial charge on any atom is 0.256 e. The van der Waals surface area contributed by atoms with Crippen molar-refractivity contribution in [1.82, 2.24) is 0 Å². The predicted octanol–water partition coefficient (Wildman–Crippen LogP) is 4.03. The van der Waals surface area contributed by atoms with E-state index in [4.69, 9.17) is 4.74 Å². The van der Waals surface area contributed by atoms with E-state index in [9.17, 15) is 4.79 Å². The molecule has 1 N–H and O–H groups in total. The lowest BCUT2D eigenvalue weighted by Gasteiger charge is -2.22. The second-order valence-corrected chi connectivity index (χ2v) is 5.66. The van der Waals surface area contributed by atoms with Gasteiger partial charge in [0.25, 0.3) is 5.91 Å². The van der Waals surface area contributed by atoms with Gasteiger partial charge in [-0.3, -0.25) is 4.79 Å². The van der Waals surface area contributed by atoms with Crippen LogP contribution in [0.25, 0.3) is 11.6 Å². The molecule has 2 aromatic rings. The van der Waals surface area contributed by atoms with Crippen molar-refractivity contribution in [2.24, 2.45) is 0 Å². The van der Waals surface area contributed by atoms with Gasteiger partial charge in [0.2, 0.25) is 0 Å². The maximum atomic E-state index is 12.3. The number of anilines is 2. The topological polar surface area (TPSA) is 41.6 Å². The Bertz CT molecular complexity index is 792. The largest absolute Gasteiger partial charge is 0.496 e. The summed E-state index contributed by atoms with van der Waals surface area (Å²) in [5.74, 6) is 0.690. The Morgan fingerprint density at radius 1 is 1.12 bits per heavy atom. The van der Waals surface area contributed by atoms with Crippen molar-refractivity contribution < 1.29 is 9.53 Å². The molecule has 0 aromatic heterocycles. The maximum absolute atomic E-state index is 12.3. The fraction of sp³-hybridized carbons (Fsp3) is 0.250. The molecule has 4 nitrogen and oxygen atoms in total. The molecule has 0 atom stereocenters. The summed E-state index contributed by atoms with van der Waals surface area (Å²) in [6, 6.07) is 13.8. The lowest BCUT2D eigenvalue weighted by atomic mass is 10.0. The molecule has 0 saturated heterocycles. The van der Waals surface area contributed by atoms with Crippen molar-refractivity contribution in [2.75, 3.05) is 30.4 Å². The quantitative estimate of drug-likeness (QED) is 0.845. The van der Waals surface area contributed by atoms with Crippen molar-refractivity contribution in [2.45, 2.75) is 13.8 Å². The highest BCUT2D eigenvalue weighted by atomic mass is 16.5. The highest BCUT2D eigenvalue weighted by molar-refractivity contribution is 6.35. The Labute approximate surface area is 142 Å². The number of nitrogens with zero attached hydrogens (tertiary/aromatic N) is 1. The first-order valence-electron chi connectivity index (χ1n) is 8.23. The van der Waals surface area contributed by atoms with E-state index >= 15 is 0 Å². The molecule has 0 saturated carbocycles. The molecule has 0 radical (unpaired) electrons. The number of para-hydroxylation sites is 1. The summed E-state index contributed by atoms with van der Waals surface area (Å²) in [6.07, 6.45) is 1.89. The molecule has 1 aliphatic heterocycles. The van der Waals surface area contributed by atoms with Crippen LogP contribution in [0.4, 0.5) is 11.4 Å². The second kappa shape index (κ2) is 6.79. The zero-order chi connectivity index (χ0) is 17.1. The van der Waals surface area contributed by atoms with E-state index in [0.717, 1.165) is 41.3 Å². The molecule has 0 unspecified atom stereocenters. The zero-order valence-corrected chi connectivity index (χ0v) is 14.3. The fourth-order valence-corrected chi connectivity index (χ4v) is 3.04. The summed E-state index contributed by atoms with van der Waals surface area (Å²) >= 11 is 0. The van der Waals surface area contributed by atoms with Gasteiger partial charge in [-0.05, 0) is 38.1 Å². The van der Waals surface area contributed by atoms with Crippen LogP contribution in [0.15, 0.2) is 42.5 Å². The van der Waals surface area contributed by atoms with E-state index in [-0.39, 0.29) is 5.91 Å². The molecule has 1 amide bonds. The molecule has 1 aliphatic rings. The van der Waals surface area contributed by atoms with Crippen LogP contribution in [-0.2, 0) is 4.79 Å². The summed E-state index contributed by atoms with van der Waals surface area (Å²) in [7, 11) is 1.66. The molecule has 2 aromatic carbocycles. The van der Waals surface area contributed by atoms with Crippen LogP contribution in [0.1, 0.15) is 25.0 Å². The molecule has 1 heterocycles. The Hall–Kier alpha value is -2.75. The monoisotopic (exact) mass is 322 g/mol. The minimum Gasteiger partial charge on any atom is -0.496 e. The molecule has 4 heteroatoms. The van der Waals surface area contributed by atoms with Crippen LogP contribution in [0.5, 0.6) is 5.75 Å². The van der Waals surface area contributed by atoms with E-state index in [0.29, 0.717) is 5.57 Å². The van der Waals surface area contributed by atoms with Crippen molar-refractivity contribution in [1.29, 1.82) is 0 Å². The number of methoxy groups -OCH3 is 1. The second-order valence-electron chi connectivity index (χ2n) is 5.66. The Morgan fingerprint density at radius 3 is 2.58 bits per heavy atom. The number of fused-ring (bicyclic) bond motifs is 1. The molecule has 0 aliphatic carbocycles. The summed E-state index contributed by atoms with van der Waals surface area (Å²) in [6.45, 7) is 6.14. The number of hydrogen-bond acceptors (Lipinski definition) is 3. The van der Waals surface area contributed by atoms with Gasteiger partial charge in [-0.2, -0.15) is 0 Å². The number of amides is 1. The highest BCUT2D eigenvalue weighted by Gasteiger charge is 2.23. The molecule has 3 rings (SSSR count). The van der Waals surface area contributed by atoms with Crippen LogP contribution in [0, 0.1) is 0 Å². The average Bonchev–Trinajstić information content (AvgIpc) is 2.92. The first-order valence-corrected chi connectivity index (χ1v) is 8.23. The predicted molar refractivity (Wildman–Crippen MR) is 99.5 cm³/mol. The van der Waals surface area contributed by atoms with Gasteiger partial charge < -0.3 is 15.0 Å². The number of nitrogens with one attached hydrogen (secondary N) is 1. The Morgan fingerprint density at radius 2 is 1.88 bits per heavy atom. The molecule has 124 valence electrons. The minimum absolute atomic E-state index is 0.0777. The molecule has 0 bridgehead atoms. The number of benzene rings is 2. The van der Waals surface area contributed by atoms with E-state index < -0.39 is 0 Å². The summed E-state index contributed by atoms with van der Waals surface area (Å²) in [5.41, 5.74) is 4.47. The number of hydrogen-bond donors (Lipinski definition) is 1. The lowest BCUT2D eigenvalue weighted by Crippen LogP contribution is -2.21. The molecule has 0 spiro atoms. The van der Waals surface area contributed by atoms with Gasteiger partial charge >= 0.3 is 0 Å². The van der Waals surface area contributed by atoms with E-state index in [2.05, 4.69) is 30.1 Å². The number of ether oxygens (including phenoxy) is 1.